The molecule has 0 fully saturated rings. The lowest BCUT2D eigenvalue weighted by atomic mass is 9.99. The Bertz CT molecular complexity index is 897. The molecule has 3 aromatic carbocycles. The summed E-state index contributed by atoms with van der Waals surface area (Å²) >= 11 is 0. The first-order valence-electron chi connectivity index (χ1n) is 7.78. The summed E-state index contributed by atoms with van der Waals surface area (Å²) in [4.78, 5) is 15.8. The zero-order valence-corrected chi connectivity index (χ0v) is 13.7. The second-order valence-electron chi connectivity index (χ2n) is 5.43. The number of hydrogen-bond acceptors (Lipinski definition) is 3. The molecule has 0 amide bonds. The van der Waals surface area contributed by atoms with E-state index in [4.69, 9.17) is 4.74 Å². The number of rotatable bonds is 5. The zero-order valence-electron chi connectivity index (χ0n) is 13.7. The van der Waals surface area contributed by atoms with Gasteiger partial charge in [-0.15, -0.1) is 0 Å². The number of aliphatic imine (C=N–C) groups is 1. The molecule has 25 heavy (non-hydrogen) atoms. The number of carbonyl (C=O) groups is 1. The van der Waals surface area contributed by atoms with Crippen LogP contribution in [0.2, 0.25) is 0 Å². The average molecular weight is 331 g/mol. The smallest absolute Gasteiger partial charge is 0.336 e. The van der Waals surface area contributed by atoms with Crippen LogP contribution >= 0.6 is 0 Å². The van der Waals surface area contributed by atoms with E-state index in [1.807, 2.05) is 54.6 Å². The van der Waals surface area contributed by atoms with Gasteiger partial charge in [-0.3, -0.25) is 4.99 Å². The van der Waals surface area contributed by atoms with Crippen molar-refractivity contribution in [1.29, 1.82) is 0 Å². The highest BCUT2D eigenvalue weighted by Gasteiger charge is 2.10. The SMILES string of the molecule is COc1ccc(C=Nc2ccc(-c3ccccc3C(=O)O)cc2)cc1. The van der Waals surface area contributed by atoms with Gasteiger partial charge in [-0.05, 0) is 59.2 Å². The third-order valence-corrected chi connectivity index (χ3v) is 3.81. The summed E-state index contributed by atoms with van der Waals surface area (Å²) in [6, 6.07) is 22.1. The summed E-state index contributed by atoms with van der Waals surface area (Å²) in [5.41, 5.74) is 3.60. The molecule has 0 bridgehead atoms. The Morgan fingerprint density at radius 1 is 0.960 bits per heavy atom. The van der Waals surface area contributed by atoms with Crippen LogP contribution in [0, 0.1) is 0 Å². The Hall–Kier alpha value is -3.40. The van der Waals surface area contributed by atoms with Crippen LogP contribution in [0.25, 0.3) is 11.1 Å². The van der Waals surface area contributed by atoms with E-state index < -0.39 is 5.97 Å². The molecule has 0 spiro atoms. The molecule has 0 saturated carbocycles. The van der Waals surface area contributed by atoms with E-state index in [9.17, 15) is 9.90 Å². The Labute approximate surface area is 146 Å². The summed E-state index contributed by atoms with van der Waals surface area (Å²) in [5, 5.41) is 9.30. The average Bonchev–Trinajstić information content (AvgIpc) is 2.67. The predicted octanol–water partition coefficient (Wildman–Crippen LogP) is 4.81. The van der Waals surface area contributed by atoms with Crippen molar-refractivity contribution in [3.05, 3.63) is 83.9 Å². The molecule has 0 radical (unpaired) electrons. The number of ether oxygens (including phenoxy) is 1. The van der Waals surface area contributed by atoms with Crippen LogP contribution in [0.15, 0.2) is 77.8 Å². The summed E-state index contributed by atoms with van der Waals surface area (Å²) < 4.78 is 5.13. The second-order valence-corrected chi connectivity index (χ2v) is 5.43. The first-order chi connectivity index (χ1) is 12.2. The highest BCUT2D eigenvalue weighted by atomic mass is 16.5. The first-order valence-corrected chi connectivity index (χ1v) is 7.78. The monoisotopic (exact) mass is 331 g/mol. The molecule has 0 aliphatic rings. The van der Waals surface area contributed by atoms with E-state index in [-0.39, 0.29) is 5.56 Å². The molecular weight excluding hydrogens is 314 g/mol. The van der Waals surface area contributed by atoms with Gasteiger partial charge >= 0.3 is 5.97 Å². The third-order valence-electron chi connectivity index (χ3n) is 3.81. The lowest BCUT2D eigenvalue weighted by Gasteiger charge is -2.06. The predicted molar refractivity (Wildman–Crippen MR) is 99.1 cm³/mol. The van der Waals surface area contributed by atoms with Gasteiger partial charge in [-0.25, -0.2) is 4.79 Å². The molecule has 3 rings (SSSR count). The number of aromatic carboxylic acids is 1. The van der Waals surface area contributed by atoms with Gasteiger partial charge in [0.1, 0.15) is 5.75 Å². The molecule has 0 atom stereocenters. The number of nitrogens with zero attached hydrogens (tertiary/aromatic N) is 1. The number of methoxy groups -OCH3 is 1. The summed E-state index contributed by atoms with van der Waals surface area (Å²) in [7, 11) is 1.63. The van der Waals surface area contributed by atoms with Crippen LogP contribution in [0.5, 0.6) is 5.75 Å². The van der Waals surface area contributed by atoms with Gasteiger partial charge < -0.3 is 9.84 Å². The molecule has 3 aromatic rings. The Morgan fingerprint density at radius 2 is 1.64 bits per heavy atom. The minimum atomic E-state index is -0.933. The van der Waals surface area contributed by atoms with E-state index in [0.29, 0.717) is 5.56 Å². The number of hydrogen-bond donors (Lipinski definition) is 1. The quantitative estimate of drug-likeness (QED) is 0.682. The largest absolute Gasteiger partial charge is 0.497 e. The maximum absolute atomic E-state index is 11.3. The molecule has 0 aromatic heterocycles. The van der Waals surface area contributed by atoms with Gasteiger partial charge in [-0.1, -0.05) is 30.3 Å². The minimum absolute atomic E-state index is 0.289. The molecule has 4 heteroatoms. The van der Waals surface area contributed by atoms with Gasteiger partial charge in [0.05, 0.1) is 18.4 Å². The number of carboxylic acid groups (broad SMARTS) is 1. The molecule has 0 aliphatic carbocycles. The van der Waals surface area contributed by atoms with Crippen LogP contribution in [0.1, 0.15) is 15.9 Å². The topological polar surface area (TPSA) is 58.9 Å². The van der Waals surface area contributed by atoms with Crippen molar-refractivity contribution in [1.82, 2.24) is 0 Å². The minimum Gasteiger partial charge on any atom is -0.497 e. The molecule has 124 valence electrons. The fourth-order valence-electron chi connectivity index (χ4n) is 2.49. The normalized spacial score (nSPS) is 10.8. The Morgan fingerprint density at radius 3 is 2.28 bits per heavy atom. The van der Waals surface area contributed by atoms with Gasteiger partial charge in [0.15, 0.2) is 0 Å². The number of benzene rings is 3. The lowest BCUT2D eigenvalue weighted by Crippen LogP contribution is -1.98. The van der Waals surface area contributed by atoms with Crippen LogP contribution in [0.3, 0.4) is 0 Å². The maximum atomic E-state index is 11.3. The van der Waals surface area contributed by atoms with Gasteiger partial charge in [0, 0.05) is 6.21 Å². The second kappa shape index (κ2) is 7.45. The van der Waals surface area contributed by atoms with Crippen molar-refractivity contribution in [3.8, 4) is 16.9 Å². The Balaban J connectivity index is 1.80. The molecule has 0 heterocycles. The van der Waals surface area contributed by atoms with Crippen LogP contribution in [-0.4, -0.2) is 24.4 Å². The standard InChI is InChI=1S/C21H17NO3/c1-25-18-12-6-15(7-13-18)14-22-17-10-8-16(9-11-17)19-4-2-3-5-20(19)21(23)24/h2-14H,1H3,(H,23,24). The maximum Gasteiger partial charge on any atom is 0.336 e. The van der Waals surface area contributed by atoms with E-state index in [1.165, 1.54) is 0 Å². The Kier molecular flexibility index (Phi) is 4.90. The fourth-order valence-corrected chi connectivity index (χ4v) is 2.49. The van der Waals surface area contributed by atoms with Crippen molar-refractivity contribution in [2.75, 3.05) is 7.11 Å². The zero-order chi connectivity index (χ0) is 17.6. The molecular formula is C21H17NO3. The first kappa shape index (κ1) is 16.5. The molecule has 4 nitrogen and oxygen atoms in total. The molecule has 0 saturated heterocycles. The van der Waals surface area contributed by atoms with E-state index in [0.717, 1.165) is 22.6 Å². The lowest BCUT2D eigenvalue weighted by molar-refractivity contribution is 0.0697. The van der Waals surface area contributed by atoms with Crippen molar-refractivity contribution in [3.63, 3.8) is 0 Å². The highest BCUT2D eigenvalue weighted by molar-refractivity contribution is 5.96. The van der Waals surface area contributed by atoms with Gasteiger partial charge in [0.25, 0.3) is 0 Å². The molecule has 0 aliphatic heterocycles. The van der Waals surface area contributed by atoms with Gasteiger partial charge in [0.2, 0.25) is 0 Å². The number of carboxylic acids is 1. The molecule has 0 unspecified atom stereocenters. The fraction of sp³-hybridized carbons (Fsp3) is 0.0476. The van der Waals surface area contributed by atoms with Crippen LogP contribution in [-0.2, 0) is 0 Å². The summed E-state index contributed by atoms with van der Waals surface area (Å²) in [6.45, 7) is 0. The summed E-state index contributed by atoms with van der Waals surface area (Å²) in [5.74, 6) is -0.129. The van der Waals surface area contributed by atoms with Crippen molar-refractivity contribution in [2.45, 2.75) is 0 Å². The molecule has 1 N–H and O–H groups in total. The van der Waals surface area contributed by atoms with Crippen LogP contribution < -0.4 is 4.74 Å². The van der Waals surface area contributed by atoms with Crippen molar-refractivity contribution < 1.29 is 14.6 Å². The van der Waals surface area contributed by atoms with Gasteiger partial charge in [-0.2, -0.15) is 0 Å². The van der Waals surface area contributed by atoms with Crippen LogP contribution in [0.4, 0.5) is 5.69 Å². The van der Waals surface area contributed by atoms with E-state index in [2.05, 4.69) is 4.99 Å². The highest BCUT2D eigenvalue weighted by Crippen LogP contribution is 2.26. The van der Waals surface area contributed by atoms with Crippen molar-refractivity contribution >= 4 is 17.9 Å². The van der Waals surface area contributed by atoms with E-state index >= 15 is 0 Å². The van der Waals surface area contributed by atoms with Crippen molar-refractivity contribution in [2.24, 2.45) is 4.99 Å². The van der Waals surface area contributed by atoms with E-state index in [1.54, 1.807) is 31.5 Å². The summed E-state index contributed by atoms with van der Waals surface area (Å²) in [6.07, 6.45) is 1.78. The third kappa shape index (κ3) is 3.93.